The highest BCUT2D eigenvalue weighted by Gasteiger charge is 2.38. The van der Waals surface area contributed by atoms with Gasteiger partial charge in [-0.05, 0) is 25.3 Å². The number of rotatable bonds is 8. The second-order valence-corrected chi connectivity index (χ2v) is 7.77. The van der Waals surface area contributed by atoms with E-state index in [-0.39, 0.29) is 30.9 Å². The Morgan fingerprint density at radius 3 is 2.29 bits per heavy atom. The summed E-state index contributed by atoms with van der Waals surface area (Å²) in [4.78, 5) is 11.7. The normalized spacial score (nSPS) is 14.6. The van der Waals surface area contributed by atoms with Crippen LogP contribution < -0.4 is 5.73 Å². The predicted molar refractivity (Wildman–Crippen MR) is 83.1 cm³/mol. The van der Waals surface area contributed by atoms with Crippen molar-refractivity contribution in [3.63, 3.8) is 0 Å². The zero-order valence-corrected chi connectivity index (χ0v) is 13.3. The van der Waals surface area contributed by atoms with Crippen LogP contribution in [0.5, 0.6) is 0 Å². The first-order valence-electron chi connectivity index (χ1n) is 6.98. The van der Waals surface area contributed by atoms with Gasteiger partial charge in [0.2, 0.25) is 0 Å². The first kappa shape index (κ1) is 17.7. The molecule has 0 aliphatic heterocycles. The molecule has 0 saturated heterocycles. The minimum absolute atomic E-state index is 0.00953. The van der Waals surface area contributed by atoms with E-state index in [1.54, 1.807) is 19.1 Å². The lowest BCUT2D eigenvalue weighted by Gasteiger charge is -2.28. The first-order valence-corrected chi connectivity index (χ1v) is 8.80. The molecule has 0 aromatic heterocycles. The number of carboxylic acids is 1. The standard InChI is InChI=1S/C15H23NO4S/c1-3-21(19,20)10-4-9-15(11-16,14(17)18)13-7-5-12(2)6-8-13/h5-8H,3-4,9-11,16H2,1-2H3,(H,17,18). The third kappa shape index (κ3) is 4.28. The SMILES string of the molecule is CCS(=O)(=O)CCCC(CN)(C(=O)O)c1ccc(C)cc1. The van der Waals surface area contributed by atoms with Crippen LogP contribution in [0.2, 0.25) is 0 Å². The van der Waals surface area contributed by atoms with Crippen molar-refractivity contribution in [2.75, 3.05) is 18.1 Å². The molecular formula is C15H23NO4S. The molecule has 5 nitrogen and oxygen atoms in total. The highest BCUT2D eigenvalue weighted by Crippen LogP contribution is 2.29. The number of hydrogen-bond donors (Lipinski definition) is 2. The van der Waals surface area contributed by atoms with E-state index < -0.39 is 21.2 Å². The second-order valence-electron chi connectivity index (χ2n) is 5.30. The zero-order chi connectivity index (χ0) is 16.1. The summed E-state index contributed by atoms with van der Waals surface area (Å²) in [6.07, 6.45) is 0.495. The maximum atomic E-state index is 11.7. The monoisotopic (exact) mass is 313 g/mol. The van der Waals surface area contributed by atoms with Crippen LogP contribution >= 0.6 is 0 Å². The second kappa shape index (κ2) is 7.04. The van der Waals surface area contributed by atoms with Crippen molar-refractivity contribution in [2.24, 2.45) is 5.73 Å². The van der Waals surface area contributed by atoms with E-state index >= 15 is 0 Å². The van der Waals surface area contributed by atoms with Gasteiger partial charge >= 0.3 is 5.97 Å². The van der Waals surface area contributed by atoms with Crippen LogP contribution in [0.25, 0.3) is 0 Å². The Balaban J connectivity index is 3.00. The van der Waals surface area contributed by atoms with Crippen molar-refractivity contribution in [2.45, 2.75) is 32.1 Å². The molecule has 1 aromatic carbocycles. The number of aliphatic carboxylic acids is 1. The summed E-state index contributed by atoms with van der Waals surface area (Å²) in [5.41, 5.74) is 6.16. The molecule has 0 radical (unpaired) electrons. The highest BCUT2D eigenvalue weighted by atomic mass is 32.2. The summed E-state index contributed by atoms with van der Waals surface area (Å²) < 4.78 is 23.1. The molecular weight excluding hydrogens is 290 g/mol. The third-order valence-electron chi connectivity index (χ3n) is 3.86. The van der Waals surface area contributed by atoms with Gasteiger partial charge in [0.05, 0.1) is 5.75 Å². The van der Waals surface area contributed by atoms with E-state index in [9.17, 15) is 18.3 Å². The van der Waals surface area contributed by atoms with Crippen LogP contribution in [0.4, 0.5) is 0 Å². The molecule has 0 amide bonds. The Labute approximate surface area is 126 Å². The molecule has 1 rings (SSSR count). The quantitative estimate of drug-likeness (QED) is 0.758. The van der Waals surface area contributed by atoms with Gasteiger partial charge in [0, 0.05) is 12.3 Å². The molecule has 0 heterocycles. The Morgan fingerprint density at radius 1 is 1.29 bits per heavy atom. The summed E-state index contributed by atoms with van der Waals surface area (Å²) in [7, 11) is -3.10. The first-order chi connectivity index (χ1) is 9.77. The molecule has 118 valence electrons. The van der Waals surface area contributed by atoms with Gasteiger partial charge in [-0.2, -0.15) is 0 Å². The zero-order valence-electron chi connectivity index (χ0n) is 12.5. The van der Waals surface area contributed by atoms with E-state index in [4.69, 9.17) is 5.73 Å². The van der Waals surface area contributed by atoms with Gasteiger partial charge in [-0.1, -0.05) is 36.8 Å². The lowest BCUT2D eigenvalue weighted by atomic mass is 9.76. The molecule has 3 N–H and O–H groups in total. The van der Waals surface area contributed by atoms with Crippen molar-refractivity contribution in [1.82, 2.24) is 0 Å². The Kier molecular flexibility index (Phi) is 5.92. The lowest BCUT2D eigenvalue weighted by Crippen LogP contribution is -2.43. The summed E-state index contributed by atoms with van der Waals surface area (Å²) in [6, 6.07) is 7.19. The summed E-state index contributed by atoms with van der Waals surface area (Å²) >= 11 is 0. The summed E-state index contributed by atoms with van der Waals surface area (Å²) in [5.74, 6) is -0.951. The Morgan fingerprint density at radius 2 is 1.86 bits per heavy atom. The van der Waals surface area contributed by atoms with Gasteiger partial charge in [-0.25, -0.2) is 8.42 Å². The third-order valence-corrected chi connectivity index (χ3v) is 5.65. The van der Waals surface area contributed by atoms with E-state index in [0.717, 1.165) is 5.56 Å². The fraction of sp³-hybridized carbons (Fsp3) is 0.533. The number of nitrogens with two attached hydrogens (primary N) is 1. The molecule has 0 spiro atoms. The summed E-state index contributed by atoms with van der Waals surface area (Å²) in [6.45, 7) is 3.45. The fourth-order valence-electron chi connectivity index (χ4n) is 2.29. The molecule has 1 unspecified atom stereocenters. The van der Waals surface area contributed by atoms with E-state index in [1.807, 2.05) is 19.1 Å². The number of carboxylic acid groups (broad SMARTS) is 1. The molecule has 0 saturated carbocycles. The molecule has 1 atom stereocenters. The van der Waals surface area contributed by atoms with Gasteiger partial charge in [0.1, 0.15) is 15.3 Å². The average Bonchev–Trinajstić information content (AvgIpc) is 2.44. The van der Waals surface area contributed by atoms with Gasteiger partial charge < -0.3 is 10.8 Å². The largest absolute Gasteiger partial charge is 0.481 e. The van der Waals surface area contributed by atoms with Crippen LogP contribution in [0.1, 0.15) is 30.9 Å². The van der Waals surface area contributed by atoms with E-state index in [1.165, 1.54) is 0 Å². The Bertz CT molecular complexity index is 580. The molecule has 21 heavy (non-hydrogen) atoms. The van der Waals surface area contributed by atoms with Crippen molar-refractivity contribution in [3.05, 3.63) is 35.4 Å². The lowest BCUT2D eigenvalue weighted by molar-refractivity contribution is -0.143. The van der Waals surface area contributed by atoms with E-state index in [0.29, 0.717) is 5.56 Å². The predicted octanol–water partition coefficient (Wildman–Crippen LogP) is 1.49. The van der Waals surface area contributed by atoms with Gasteiger partial charge in [0.25, 0.3) is 0 Å². The summed E-state index contributed by atoms with van der Waals surface area (Å²) in [5, 5.41) is 9.60. The van der Waals surface area contributed by atoms with Crippen LogP contribution in [-0.2, 0) is 20.0 Å². The smallest absolute Gasteiger partial charge is 0.315 e. The van der Waals surface area contributed by atoms with Crippen LogP contribution in [-0.4, -0.2) is 37.5 Å². The van der Waals surface area contributed by atoms with Crippen LogP contribution in [0, 0.1) is 6.92 Å². The number of carbonyl (C=O) groups is 1. The number of aryl methyl sites for hydroxylation is 1. The molecule has 0 fully saturated rings. The topological polar surface area (TPSA) is 97.5 Å². The highest BCUT2D eigenvalue weighted by molar-refractivity contribution is 7.91. The minimum Gasteiger partial charge on any atom is -0.481 e. The molecule has 0 bridgehead atoms. The average molecular weight is 313 g/mol. The maximum Gasteiger partial charge on any atom is 0.315 e. The minimum atomic E-state index is -3.10. The van der Waals surface area contributed by atoms with Crippen molar-refractivity contribution in [1.29, 1.82) is 0 Å². The Hall–Kier alpha value is -1.40. The number of sulfone groups is 1. The van der Waals surface area contributed by atoms with Crippen LogP contribution in [0.15, 0.2) is 24.3 Å². The molecule has 0 aliphatic rings. The molecule has 1 aromatic rings. The fourth-order valence-corrected chi connectivity index (χ4v) is 3.17. The van der Waals surface area contributed by atoms with Crippen molar-refractivity contribution in [3.8, 4) is 0 Å². The van der Waals surface area contributed by atoms with Gasteiger partial charge in [0.15, 0.2) is 0 Å². The van der Waals surface area contributed by atoms with E-state index in [2.05, 4.69) is 0 Å². The van der Waals surface area contributed by atoms with Gasteiger partial charge in [-0.3, -0.25) is 4.79 Å². The molecule has 0 aliphatic carbocycles. The van der Waals surface area contributed by atoms with Crippen LogP contribution in [0.3, 0.4) is 0 Å². The van der Waals surface area contributed by atoms with Crippen molar-refractivity contribution < 1.29 is 18.3 Å². The number of benzene rings is 1. The maximum absolute atomic E-state index is 11.7. The number of hydrogen-bond acceptors (Lipinski definition) is 4. The van der Waals surface area contributed by atoms with Crippen molar-refractivity contribution >= 4 is 15.8 Å². The van der Waals surface area contributed by atoms with Gasteiger partial charge in [-0.15, -0.1) is 0 Å². The molecule has 6 heteroatoms.